The molecule has 10 heteroatoms. The quantitative estimate of drug-likeness (QED) is 0.288. The van der Waals surface area contributed by atoms with Crippen LogP contribution in [0.4, 0.5) is 22.0 Å². The molecule has 0 unspecified atom stereocenters. The topological polar surface area (TPSA) is 57.2 Å². The molecule has 0 radical (unpaired) electrons. The number of unbranched alkanes of at least 4 members (excludes halogenated alkanes) is 3. The van der Waals surface area contributed by atoms with E-state index in [1.54, 1.807) is 0 Å². The first-order chi connectivity index (χ1) is 7.46. The van der Waals surface area contributed by atoms with Gasteiger partial charge in [0.15, 0.2) is 10.1 Å². The SMILES string of the molecule is O=S(=O)([O-])C(F)(F)CCCCCCC(F)(F)F.[K+]. The Labute approximate surface area is 145 Å². The predicted molar refractivity (Wildman–Crippen MR) is 48.4 cm³/mol. The molecule has 0 aromatic heterocycles. The fourth-order valence-electron chi connectivity index (χ4n) is 1.13. The van der Waals surface area contributed by atoms with Crippen molar-refractivity contribution in [1.29, 1.82) is 0 Å². The van der Waals surface area contributed by atoms with Gasteiger partial charge in [0, 0.05) is 12.8 Å². The molecule has 0 spiro atoms. The zero-order chi connectivity index (χ0) is 13.7. The molecule has 0 aliphatic heterocycles. The molecule has 0 fully saturated rings. The van der Waals surface area contributed by atoms with Crippen LogP contribution in [0.2, 0.25) is 0 Å². The molecular formula is C8H12F5KO3S. The minimum Gasteiger partial charge on any atom is -0.743 e. The van der Waals surface area contributed by atoms with E-state index in [0.29, 0.717) is 0 Å². The van der Waals surface area contributed by atoms with Crippen LogP contribution in [0.25, 0.3) is 0 Å². The van der Waals surface area contributed by atoms with Gasteiger partial charge < -0.3 is 4.55 Å². The molecule has 0 aliphatic rings. The van der Waals surface area contributed by atoms with Crippen LogP contribution in [0.3, 0.4) is 0 Å². The third-order valence-electron chi connectivity index (χ3n) is 2.04. The Morgan fingerprint density at radius 3 is 1.56 bits per heavy atom. The van der Waals surface area contributed by atoms with E-state index in [4.69, 9.17) is 0 Å². The molecule has 0 bridgehead atoms. The Balaban J connectivity index is 0. The van der Waals surface area contributed by atoms with Gasteiger partial charge in [0.05, 0.1) is 0 Å². The van der Waals surface area contributed by atoms with E-state index in [9.17, 15) is 34.9 Å². The van der Waals surface area contributed by atoms with Crippen molar-refractivity contribution in [3.8, 4) is 0 Å². The van der Waals surface area contributed by atoms with Crippen molar-refractivity contribution in [3.05, 3.63) is 0 Å². The van der Waals surface area contributed by atoms with Gasteiger partial charge in [0.2, 0.25) is 0 Å². The fourth-order valence-corrected chi connectivity index (χ4v) is 1.53. The molecule has 0 heterocycles. The molecule has 0 rings (SSSR count). The number of hydrogen-bond donors (Lipinski definition) is 0. The smallest absolute Gasteiger partial charge is 0.743 e. The van der Waals surface area contributed by atoms with Crippen molar-refractivity contribution in [1.82, 2.24) is 0 Å². The van der Waals surface area contributed by atoms with Crippen LogP contribution in [0, 0.1) is 0 Å². The Bertz CT molecular complexity index is 328. The number of rotatable bonds is 7. The van der Waals surface area contributed by atoms with E-state index in [0.717, 1.165) is 0 Å². The van der Waals surface area contributed by atoms with Crippen LogP contribution in [-0.2, 0) is 10.1 Å². The second-order valence-corrected chi connectivity index (χ2v) is 5.13. The van der Waals surface area contributed by atoms with Crippen LogP contribution < -0.4 is 51.4 Å². The Morgan fingerprint density at radius 2 is 1.22 bits per heavy atom. The minimum absolute atomic E-state index is 0. The molecule has 0 aromatic rings. The summed E-state index contributed by atoms with van der Waals surface area (Å²) in [4.78, 5) is 0. The number of alkyl halides is 5. The van der Waals surface area contributed by atoms with Gasteiger partial charge in [-0.1, -0.05) is 12.8 Å². The summed E-state index contributed by atoms with van der Waals surface area (Å²) in [6, 6.07) is 0. The van der Waals surface area contributed by atoms with Crippen molar-refractivity contribution < 1.29 is 86.3 Å². The minimum atomic E-state index is -5.68. The van der Waals surface area contributed by atoms with Gasteiger partial charge in [0.25, 0.3) is 0 Å². The molecule has 0 aromatic carbocycles. The summed E-state index contributed by atoms with van der Waals surface area (Å²) in [5, 5.41) is -4.34. The summed E-state index contributed by atoms with van der Waals surface area (Å²) in [5.74, 6) is 0. The third kappa shape index (κ3) is 10.0. The summed E-state index contributed by atoms with van der Waals surface area (Å²) in [5.41, 5.74) is 0. The molecule has 0 saturated heterocycles. The van der Waals surface area contributed by atoms with Gasteiger partial charge >= 0.3 is 62.8 Å². The first-order valence-corrected chi connectivity index (χ1v) is 6.26. The Hall–Kier alpha value is 1.20. The fraction of sp³-hybridized carbons (Fsp3) is 1.00. The Kier molecular flexibility index (Phi) is 10.1. The van der Waals surface area contributed by atoms with Gasteiger partial charge in [-0.3, -0.25) is 0 Å². The van der Waals surface area contributed by atoms with Crippen LogP contribution in [0.15, 0.2) is 0 Å². The largest absolute Gasteiger partial charge is 1.00 e. The van der Waals surface area contributed by atoms with Gasteiger partial charge in [-0.15, -0.1) is 0 Å². The molecule has 3 nitrogen and oxygen atoms in total. The van der Waals surface area contributed by atoms with Gasteiger partial charge in [-0.2, -0.15) is 22.0 Å². The average molecular weight is 322 g/mol. The van der Waals surface area contributed by atoms with Crippen LogP contribution in [0.5, 0.6) is 0 Å². The van der Waals surface area contributed by atoms with Crippen LogP contribution >= 0.6 is 0 Å². The molecule has 104 valence electrons. The second kappa shape index (κ2) is 8.48. The average Bonchev–Trinajstić information content (AvgIpc) is 2.07. The number of halogens is 5. The third-order valence-corrected chi connectivity index (χ3v) is 2.98. The summed E-state index contributed by atoms with van der Waals surface area (Å²) in [6.07, 6.45) is -6.82. The first kappa shape index (κ1) is 21.5. The summed E-state index contributed by atoms with van der Waals surface area (Å²) in [6.45, 7) is 0. The second-order valence-electron chi connectivity index (χ2n) is 3.62. The molecule has 0 saturated carbocycles. The maximum Gasteiger partial charge on any atom is 1.00 e. The van der Waals surface area contributed by atoms with Gasteiger partial charge in [-0.25, -0.2) is 8.42 Å². The van der Waals surface area contributed by atoms with Crippen molar-refractivity contribution in [2.45, 2.75) is 50.0 Å². The summed E-state index contributed by atoms with van der Waals surface area (Å²) in [7, 11) is -5.68. The van der Waals surface area contributed by atoms with E-state index in [1.165, 1.54) is 0 Å². The summed E-state index contributed by atoms with van der Waals surface area (Å²) >= 11 is 0. The molecular weight excluding hydrogens is 310 g/mol. The first-order valence-electron chi connectivity index (χ1n) is 4.86. The van der Waals surface area contributed by atoms with Crippen molar-refractivity contribution in [2.75, 3.05) is 0 Å². The zero-order valence-corrected chi connectivity index (χ0v) is 13.7. The van der Waals surface area contributed by atoms with E-state index in [-0.39, 0.29) is 77.1 Å². The zero-order valence-electron chi connectivity index (χ0n) is 9.77. The van der Waals surface area contributed by atoms with Crippen molar-refractivity contribution >= 4 is 10.1 Å². The molecule has 0 atom stereocenters. The standard InChI is InChI=1S/C8H13F5O3S.K/c9-7(10,11)5-3-1-2-4-6-8(12,13)17(14,15)16;/h1-6H2,(H,14,15,16);/q;+1/p-1. The molecule has 0 amide bonds. The summed E-state index contributed by atoms with van der Waals surface area (Å²) < 4.78 is 90.3. The Morgan fingerprint density at radius 1 is 0.833 bits per heavy atom. The predicted octanol–water partition coefficient (Wildman–Crippen LogP) is 0.0313. The van der Waals surface area contributed by atoms with Crippen molar-refractivity contribution in [3.63, 3.8) is 0 Å². The van der Waals surface area contributed by atoms with E-state index in [1.807, 2.05) is 0 Å². The van der Waals surface area contributed by atoms with Gasteiger partial charge in [-0.05, 0) is 12.8 Å². The molecule has 0 N–H and O–H groups in total. The van der Waals surface area contributed by atoms with Gasteiger partial charge in [0.1, 0.15) is 0 Å². The normalized spacial score (nSPS) is 13.2. The monoisotopic (exact) mass is 322 g/mol. The van der Waals surface area contributed by atoms with E-state index in [2.05, 4.69) is 0 Å². The van der Waals surface area contributed by atoms with E-state index >= 15 is 0 Å². The maximum absolute atomic E-state index is 12.5. The molecule has 0 aliphatic carbocycles. The van der Waals surface area contributed by atoms with Crippen LogP contribution in [-0.4, -0.2) is 24.4 Å². The van der Waals surface area contributed by atoms with E-state index < -0.39 is 34.4 Å². The number of hydrogen-bond acceptors (Lipinski definition) is 3. The molecule has 18 heavy (non-hydrogen) atoms. The maximum atomic E-state index is 12.5. The van der Waals surface area contributed by atoms with Crippen molar-refractivity contribution in [2.24, 2.45) is 0 Å². The van der Waals surface area contributed by atoms with Crippen LogP contribution in [0.1, 0.15) is 38.5 Å².